The second kappa shape index (κ2) is 7.04. The van der Waals surface area contributed by atoms with Crippen molar-refractivity contribution in [3.05, 3.63) is 34.6 Å². The number of nitrogens with zero attached hydrogens (tertiary/aromatic N) is 1. The SMILES string of the molecule is O=C(O)CCC1CCN(Cc2cc(F)ccc2Cl)CC1. The van der Waals surface area contributed by atoms with Crippen molar-refractivity contribution < 1.29 is 14.3 Å². The first-order valence-corrected chi connectivity index (χ1v) is 7.30. The normalized spacial score (nSPS) is 17.3. The van der Waals surface area contributed by atoms with E-state index in [0.29, 0.717) is 17.5 Å². The van der Waals surface area contributed by atoms with Gasteiger partial charge in [-0.05, 0) is 62.0 Å². The van der Waals surface area contributed by atoms with Gasteiger partial charge in [0.2, 0.25) is 0 Å². The minimum atomic E-state index is -0.723. The van der Waals surface area contributed by atoms with E-state index in [1.165, 1.54) is 12.1 Å². The monoisotopic (exact) mass is 299 g/mol. The van der Waals surface area contributed by atoms with E-state index < -0.39 is 5.97 Å². The molecule has 0 bridgehead atoms. The number of hydrogen-bond donors (Lipinski definition) is 1. The van der Waals surface area contributed by atoms with Crippen LogP contribution in [0.1, 0.15) is 31.2 Å². The summed E-state index contributed by atoms with van der Waals surface area (Å²) in [5.41, 5.74) is 0.815. The van der Waals surface area contributed by atoms with Gasteiger partial charge < -0.3 is 5.11 Å². The van der Waals surface area contributed by atoms with Crippen molar-refractivity contribution in [1.82, 2.24) is 4.90 Å². The Morgan fingerprint density at radius 1 is 1.40 bits per heavy atom. The maximum Gasteiger partial charge on any atom is 0.303 e. The first-order valence-electron chi connectivity index (χ1n) is 6.92. The summed E-state index contributed by atoms with van der Waals surface area (Å²) in [7, 11) is 0. The maximum absolute atomic E-state index is 13.2. The zero-order valence-corrected chi connectivity index (χ0v) is 12.1. The molecule has 0 radical (unpaired) electrons. The number of carboxylic acid groups (broad SMARTS) is 1. The smallest absolute Gasteiger partial charge is 0.303 e. The number of carboxylic acids is 1. The van der Waals surface area contributed by atoms with Gasteiger partial charge in [0.05, 0.1) is 0 Å². The fourth-order valence-electron chi connectivity index (χ4n) is 2.67. The molecule has 0 aliphatic carbocycles. The highest BCUT2D eigenvalue weighted by Gasteiger charge is 2.20. The standard InChI is InChI=1S/C15H19ClFNO2/c16-14-3-2-13(17)9-12(14)10-18-7-5-11(6-8-18)1-4-15(19)20/h2-3,9,11H,1,4-8,10H2,(H,19,20). The lowest BCUT2D eigenvalue weighted by atomic mass is 9.92. The predicted octanol–water partition coefficient (Wildman–Crippen LogP) is 3.56. The van der Waals surface area contributed by atoms with Crippen LogP contribution >= 0.6 is 11.6 Å². The molecular formula is C15H19ClFNO2. The van der Waals surface area contributed by atoms with Crippen LogP contribution in [0.5, 0.6) is 0 Å². The van der Waals surface area contributed by atoms with E-state index in [1.807, 2.05) is 0 Å². The lowest BCUT2D eigenvalue weighted by molar-refractivity contribution is -0.137. The Morgan fingerprint density at radius 3 is 2.75 bits per heavy atom. The summed E-state index contributed by atoms with van der Waals surface area (Å²) < 4.78 is 13.2. The van der Waals surface area contributed by atoms with E-state index in [4.69, 9.17) is 16.7 Å². The molecule has 1 aromatic rings. The highest BCUT2D eigenvalue weighted by Crippen LogP contribution is 2.25. The Kier molecular flexibility index (Phi) is 5.38. The molecule has 0 atom stereocenters. The molecule has 0 unspecified atom stereocenters. The average molecular weight is 300 g/mol. The Bertz CT molecular complexity index is 473. The van der Waals surface area contributed by atoms with Crippen molar-refractivity contribution >= 4 is 17.6 Å². The molecule has 0 spiro atoms. The molecular weight excluding hydrogens is 281 g/mol. The Hall–Kier alpha value is -1.13. The fraction of sp³-hybridized carbons (Fsp3) is 0.533. The predicted molar refractivity (Wildman–Crippen MR) is 76.3 cm³/mol. The van der Waals surface area contributed by atoms with Crippen molar-refractivity contribution in [3.8, 4) is 0 Å². The maximum atomic E-state index is 13.2. The van der Waals surface area contributed by atoms with Crippen molar-refractivity contribution in [1.29, 1.82) is 0 Å². The molecule has 1 aromatic carbocycles. The molecule has 1 heterocycles. The summed E-state index contributed by atoms with van der Waals surface area (Å²) in [4.78, 5) is 12.8. The van der Waals surface area contributed by atoms with E-state index in [9.17, 15) is 9.18 Å². The van der Waals surface area contributed by atoms with Gasteiger partial charge in [-0.1, -0.05) is 11.6 Å². The number of hydrogen-bond acceptors (Lipinski definition) is 2. The summed E-state index contributed by atoms with van der Waals surface area (Å²) >= 11 is 6.07. The summed E-state index contributed by atoms with van der Waals surface area (Å²) in [5.74, 6) is -0.495. The zero-order chi connectivity index (χ0) is 14.5. The molecule has 1 fully saturated rings. The van der Waals surface area contributed by atoms with Gasteiger partial charge in [0.25, 0.3) is 0 Å². The van der Waals surface area contributed by atoms with Crippen molar-refractivity contribution in [3.63, 3.8) is 0 Å². The number of halogens is 2. The Labute approximate surface area is 123 Å². The van der Waals surface area contributed by atoms with E-state index in [1.54, 1.807) is 6.07 Å². The van der Waals surface area contributed by atoms with E-state index in [2.05, 4.69) is 4.90 Å². The van der Waals surface area contributed by atoms with Gasteiger partial charge in [-0.25, -0.2) is 4.39 Å². The minimum absolute atomic E-state index is 0.250. The van der Waals surface area contributed by atoms with Crippen LogP contribution in [-0.4, -0.2) is 29.1 Å². The van der Waals surface area contributed by atoms with Crippen molar-refractivity contribution in [2.75, 3.05) is 13.1 Å². The largest absolute Gasteiger partial charge is 0.481 e. The first-order chi connectivity index (χ1) is 9.54. The van der Waals surface area contributed by atoms with Gasteiger partial charge in [0.1, 0.15) is 5.82 Å². The molecule has 1 saturated heterocycles. The van der Waals surface area contributed by atoms with Gasteiger partial charge >= 0.3 is 5.97 Å². The highest BCUT2D eigenvalue weighted by molar-refractivity contribution is 6.31. The summed E-state index contributed by atoms with van der Waals surface area (Å²) in [5, 5.41) is 9.28. The average Bonchev–Trinajstić information content (AvgIpc) is 2.42. The lowest BCUT2D eigenvalue weighted by Gasteiger charge is -2.32. The first kappa shape index (κ1) is 15.3. The van der Waals surface area contributed by atoms with Crippen LogP contribution in [0, 0.1) is 11.7 Å². The number of piperidine rings is 1. The van der Waals surface area contributed by atoms with Gasteiger partial charge in [-0.15, -0.1) is 0 Å². The molecule has 0 saturated carbocycles. The van der Waals surface area contributed by atoms with Crippen LogP contribution in [-0.2, 0) is 11.3 Å². The van der Waals surface area contributed by atoms with Crippen molar-refractivity contribution in [2.24, 2.45) is 5.92 Å². The molecule has 1 aliphatic heterocycles. The number of benzene rings is 1. The zero-order valence-electron chi connectivity index (χ0n) is 11.3. The van der Waals surface area contributed by atoms with Crippen LogP contribution in [0.4, 0.5) is 4.39 Å². The van der Waals surface area contributed by atoms with Crippen LogP contribution in [0.2, 0.25) is 5.02 Å². The summed E-state index contributed by atoms with van der Waals surface area (Å²) in [6.07, 6.45) is 3.00. The summed E-state index contributed by atoms with van der Waals surface area (Å²) in [6, 6.07) is 4.44. The van der Waals surface area contributed by atoms with Gasteiger partial charge in [0, 0.05) is 18.0 Å². The third-order valence-electron chi connectivity index (χ3n) is 3.88. The Morgan fingerprint density at radius 2 is 2.10 bits per heavy atom. The third-order valence-corrected chi connectivity index (χ3v) is 4.24. The molecule has 1 N–H and O–H groups in total. The number of carbonyl (C=O) groups is 1. The third kappa shape index (κ3) is 4.46. The van der Waals surface area contributed by atoms with Gasteiger partial charge in [-0.2, -0.15) is 0 Å². The fourth-order valence-corrected chi connectivity index (χ4v) is 2.84. The molecule has 2 rings (SSSR count). The molecule has 110 valence electrons. The van der Waals surface area contributed by atoms with Gasteiger partial charge in [0.15, 0.2) is 0 Å². The molecule has 5 heteroatoms. The van der Waals surface area contributed by atoms with Crippen LogP contribution in [0.25, 0.3) is 0 Å². The van der Waals surface area contributed by atoms with E-state index >= 15 is 0 Å². The van der Waals surface area contributed by atoms with Crippen LogP contribution in [0.15, 0.2) is 18.2 Å². The highest BCUT2D eigenvalue weighted by atomic mass is 35.5. The lowest BCUT2D eigenvalue weighted by Crippen LogP contribution is -2.33. The van der Waals surface area contributed by atoms with E-state index in [-0.39, 0.29) is 12.2 Å². The number of likely N-dealkylation sites (tertiary alicyclic amines) is 1. The molecule has 1 aliphatic rings. The summed E-state index contributed by atoms with van der Waals surface area (Å²) in [6.45, 7) is 2.48. The molecule has 3 nitrogen and oxygen atoms in total. The van der Waals surface area contributed by atoms with Crippen LogP contribution in [0.3, 0.4) is 0 Å². The quantitative estimate of drug-likeness (QED) is 0.904. The second-order valence-electron chi connectivity index (χ2n) is 5.39. The minimum Gasteiger partial charge on any atom is -0.481 e. The second-order valence-corrected chi connectivity index (χ2v) is 5.79. The molecule has 20 heavy (non-hydrogen) atoms. The molecule has 0 amide bonds. The Balaban J connectivity index is 1.82. The topological polar surface area (TPSA) is 40.5 Å². The van der Waals surface area contributed by atoms with Crippen LogP contribution < -0.4 is 0 Å². The van der Waals surface area contributed by atoms with Crippen molar-refractivity contribution in [2.45, 2.75) is 32.2 Å². The van der Waals surface area contributed by atoms with E-state index in [0.717, 1.165) is 37.9 Å². The van der Waals surface area contributed by atoms with Gasteiger partial charge in [-0.3, -0.25) is 9.69 Å². The number of rotatable bonds is 5. The number of aliphatic carboxylic acids is 1. The molecule has 0 aromatic heterocycles.